The van der Waals surface area contributed by atoms with Crippen LogP contribution in [0.15, 0.2) is 0 Å². The molecule has 0 radical (unpaired) electrons. The number of nitrogens with two attached hydrogens (primary N) is 2. The number of halogens is 4. The predicted octanol–water partition coefficient (Wildman–Crippen LogP) is 2.74. The molecular formula is C2H4F2I2N2P2-2. The molecule has 4 N–H and O–H groups in total. The average Bonchev–Trinajstić information content (AvgIpc) is 2.41. The van der Waals surface area contributed by atoms with Crippen LogP contribution in [-0.2, 0) is 0 Å². The van der Waals surface area contributed by atoms with E-state index < -0.39 is 26.4 Å². The minimum atomic E-state index is -2.33. The minimum absolute atomic E-state index is 0.371. The summed E-state index contributed by atoms with van der Waals surface area (Å²) >= 11 is -0.546. The van der Waals surface area contributed by atoms with Crippen molar-refractivity contribution < 1.29 is 8.78 Å². The summed E-state index contributed by atoms with van der Waals surface area (Å²) in [5.41, 5.74) is 10.2. The van der Waals surface area contributed by atoms with Crippen LogP contribution in [0, 0.1) is 0 Å². The van der Waals surface area contributed by atoms with Crippen LogP contribution < -0.4 is 11.5 Å². The molecule has 1 aliphatic rings. The monoisotopic (exact) mass is 410 g/mol. The Morgan fingerprint density at radius 3 is 2.30 bits per heavy atom. The zero-order valence-electron chi connectivity index (χ0n) is 4.56. The van der Waals surface area contributed by atoms with Crippen LogP contribution in [0.3, 0.4) is 0 Å². The van der Waals surface area contributed by atoms with E-state index in [1.807, 2.05) is 0 Å². The fourth-order valence-corrected chi connectivity index (χ4v) is 17.0. The van der Waals surface area contributed by atoms with Crippen LogP contribution in [0.2, 0.25) is 0 Å². The molecule has 10 heavy (non-hydrogen) atoms. The summed E-state index contributed by atoms with van der Waals surface area (Å²) in [6.07, 6.45) is 0.794. The number of alkyl halides is 4. The van der Waals surface area contributed by atoms with Crippen molar-refractivity contribution in [2.45, 2.75) is 7.08 Å². The summed E-state index contributed by atoms with van der Waals surface area (Å²) in [4.78, 5) is 0. The second-order valence-electron chi connectivity index (χ2n) is 1.61. The third-order valence-corrected chi connectivity index (χ3v) is 18.6. The summed E-state index contributed by atoms with van der Waals surface area (Å²) in [7, 11) is 0. The maximum absolute atomic E-state index is 13.0. The van der Waals surface area contributed by atoms with Gasteiger partial charge >= 0.3 is 81.1 Å². The molecule has 0 saturated carbocycles. The molecular weight excluding hydrogens is 406 g/mol. The Balaban J connectivity index is 2.54. The zero-order valence-corrected chi connectivity index (χ0v) is 10.7. The Kier molecular flexibility index (Phi) is 3.16. The Morgan fingerprint density at radius 1 is 1.80 bits per heavy atom. The SMILES string of the molecule is NC(F)([P-]I)I1[P-]C1(N)F. The average molecular weight is 410 g/mol. The van der Waals surface area contributed by atoms with Crippen molar-refractivity contribution in [3.05, 3.63) is 0 Å². The van der Waals surface area contributed by atoms with E-state index in [1.54, 1.807) is 22.0 Å². The van der Waals surface area contributed by atoms with Gasteiger partial charge in [-0.3, -0.25) is 0 Å². The fourth-order valence-electron chi connectivity index (χ4n) is 0.372. The van der Waals surface area contributed by atoms with E-state index in [2.05, 4.69) is 0 Å². The molecule has 1 heterocycles. The van der Waals surface area contributed by atoms with Crippen LogP contribution in [0.25, 0.3) is 0 Å². The third kappa shape index (κ3) is 2.07. The van der Waals surface area contributed by atoms with E-state index in [0.717, 1.165) is 0 Å². The topological polar surface area (TPSA) is 52.0 Å². The molecule has 0 aromatic carbocycles. The first-order chi connectivity index (χ1) is 4.40. The van der Waals surface area contributed by atoms with E-state index in [0.29, 0.717) is 12.4 Å². The van der Waals surface area contributed by atoms with Gasteiger partial charge in [-0.25, -0.2) is 0 Å². The quantitative estimate of drug-likeness (QED) is 0.319. The van der Waals surface area contributed by atoms with E-state index in [9.17, 15) is 8.78 Å². The van der Waals surface area contributed by atoms with Gasteiger partial charge in [-0.2, -0.15) is 0 Å². The standard InChI is InChI=1S/C2H4F2I2N2P2/c3-1(7,9-5)6-2(4,8)10-6/h7-8H2/q-2. The van der Waals surface area contributed by atoms with Crippen molar-refractivity contribution in [2.75, 3.05) is 0 Å². The van der Waals surface area contributed by atoms with E-state index >= 15 is 0 Å². The third-order valence-electron chi connectivity index (χ3n) is 0.785. The normalized spacial score (nSPS) is 44.7. The van der Waals surface area contributed by atoms with Crippen molar-refractivity contribution in [3.63, 3.8) is 0 Å². The van der Waals surface area contributed by atoms with Gasteiger partial charge in [0.1, 0.15) is 0 Å². The summed E-state index contributed by atoms with van der Waals surface area (Å²) in [6, 6.07) is 0. The van der Waals surface area contributed by atoms with Gasteiger partial charge in [-0.1, -0.05) is 0 Å². The van der Waals surface area contributed by atoms with Gasteiger partial charge in [0.05, 0.1) is 0 Å². The first-order valence-electron chi connectivity index (χ1n) is 2.12. The molecule has 1 aliphatic heterocycles. The maximum atomic E-state index is 13.0. The zero-order chi connectivity index (χ0) is 7.99. The molecule has 0 aromatic heterocycles. The Bertz CT molecular complexity index is 154. The number of hydrogen-bond donors (Lipinski definition) is 2. The summed E-state index contributed by atoms with van der Waals surface area (Å²) < 4.78 is 22.1. The fraction of sp³-hybridized carbons (Fsp3) is 1.00. The van der Waals surface area contributed by atoms with Crippen molar-refractivity contribution in [1.82, 2.24) is 0 Å². The van der Waals surface area contributed by atoms with Crippen molar-refractivity contribution in [2.24, 2.45) is 11.5 Å². The van der Waals surface area contributed by atoms with Gasteiger partial charge in [-0.15, -0.1) is 0 Å². The molecule has 1 saturated heterocycles. The second-order valence-corrected chi connectivity index (χ2v) is 14.8. The Hall–Kier alpha value is 2.10. The van der Waals surface area contributed by atoms with Crippen LogP contribution in [0.4, 0.5) is 8.78 Å². The first-order valence-corrected chi connectivity index (χ1v) is 11.6. The second kappa shape index (κ2) is 3.10. The summed E-state index contributed by atoms with van der Waals surface area (Å²) in [6.45, 7) is 0. The molecule has 62 valence electrons. The van der Waals surface area contributed by atoms with Crippen LogP contribution in [-0.4, -0.2) is 7.08 Å². The van der Waals surface area contributed by atoms with Gasteiger partial charge in [0.2, 0.25) is 0 Å². The Morgan fingerprint density at radius 2 is 2.20 bits per heavy atom. The van der Waals surface area contributed by atoms with Gasteiger partial charge in [0.15, 0.2) is 0 Å². The molecule has 1 fully saturated rings. The molecule has 2 unspecified atom stereocenters. The number of rotatable bonds is 2. The summed E-state index contributed by atoms with van der Waals surface area (Å²) in [5.74, 6) is 0. The molecule has 1 rings (SSSR count). The van der Waals surface area contributed by atoms with E-state index in [-0.39, 0.29) is 0 Å². The molecule has 0 aliphatic carbocycles. The molecule has 8 heteroatoms. The number of hydrogen-bond acceptors (Lipinski definition) is 2. The van der Waals surface area contributed by atoms with Crippen LogP contribution in [0.1, 0.15) is 0 Å². The first kappa shape index (κ1) is 10.2. The van der Waals surface area contributed by atoms with Gasteiger partial charge in [0, 0.05) is 0 Å². The Labute approximate surface area is 80.4 Å². The van der Waals surface area contributed by atoms with E-state index in [4.69, 9.17) is 11.5 Å². The van der Waals surface area contributed by atoms with Crippen molar-refractivity contribution in [1.29, 1.82) is 0 Å². The molecule has 0 spiro atoms. The van der Waals surface area contributed by atoms with Crippen LogP contribution in [0.5, 0.6) is 0 Å². The van der Waals surface area contributed by atoms with Crippen LogP contribution >= 0.6 is 53.8 Å². The van der Waals surface area contributed by atoms with Crippen molar-refractivity contribution in [3.8, 4) is 0 Å². The van der Waals surface area contributed by atoms with Crippen molar-refractivity contribution >= 4 is 53.8 Å². The van der Waals surface area contributed by atoms with Gasteiger partial charge in [-0.05, 0) is 0 Å². The molecule has 2 atom stereocenters. The molecule has 0 amide bonds. The molecule has 0 bridgehead atoms. The van der Waals surface area contributed by atoms with Gasteiger partial charge in [0.25, 0.3) is 0 Å². The predicted molar refractivity (Wildman–Crippen MR) is 57.9 cm³/mol. The summed E-state index contributed by atoms with van der Waals surface area (Å²) in [5, 5.41) is 0. The van der Waals surface area contributed by atoms with E-state index in [1.165, 1.54) is 0 Å². The van der Waals surface area contributed by atoms with Gasteiger partial charge < -0.3 is 0 Å². The molecule has 2 nitrogen and oxygen atoms in total. The molecule has 0 aromatic rings.